The van der Waals surface area contributed by atoms with Crippen molar-refractivity contribution >= 4 is 6.21 Å². The van der Waals surface area contributed by atoms with Crippen molar-refractivity contribution in [2.24, 2.45) is 4.99 Å². The Bertz CT molecular complexity index is 163. The molecule has 0 aliphatic carbocycles. The second-order valence-electron chi connectivity index (χ2n) is 2.11. The molecule has 0 aromatic rings. The highest BCUT2D eigenvalue weighted by atomic mass is 16.5. The van der Waals surface area contributed by atoms with Gasteiger partial charge in [-0.1, -0.05) is 6.08 Å². The molecule has 3 nitrogen and oxygen atoms in total. The van der Waals surface area contributed by atoms with Crippen LogP contribution in [0.5, 0.6) is 0 Å². The van der Waals surface area contributed by atoms with Crippen molar-refractivity contribution in [1.82, 2.24) is 5.32 Å². The number of dihydropyridines is 1. The summed E-state index contributed by atoms with van der Waals surface area (Å²) in [6.45, 7) is 0. The fourth-order valence-corrected chi connectivity index (χ4v) is 0.828. The van der Waals surface area contributed by atoms with Crippen LogP contribution in [0.25, 0.3) is 0 Å². The largest absolute Gasteiger partial charge is 0.387 e. The second-order valence-corrected chi connectivity index (χ2v) is 2.11. The van der Waals surface area contributed by atoms with Gasteiger partial charge in [-0.3, -0.25) is 4.99 Å². The van der Waals surface area contributed by atoms with Gasteiger partial charge in [-0.25, -0.2) is 0 Å². The molecular weight excluding hydrogens is 128 g/mol. The average molecular weight is 140 g/mol. The topological polar surface area (TPSA) is 33.6 Å². The predicted molar refractivity (Wildman–Crippen MR) is 41.0 cm³/mol. The molecule has 0 fully saturated rings. The van der Waals surface area contributed by atoms with E-state index in [0.29, 0.717) is 0 Å². The first kappa shape index (κ1) is 7.28. The van der Waals surface area contributed by atoms with E-state index in [1.807, 2.05) is 7.05 Å². The minimum absolute atomic E-state index is 0.0251. The Morgan fingerprint density at radius 3 is 3.00 bits per heavy atom. The smallest absolute Gasteiger partial charge is 0.151 e. The Kier molecular flexibility index (Phi) is 2.45. The van der Waals surface area contributed by atoms with Gasteiger partial charge in [-0.05, 0) is 0 Å². The maximum absolute atomic E-state index is 5.01. The number of allylic oxidation sites excluding steroid dienone is 1. The molecule has 1 N–H and O–H groups in total. The zero-order valence-corrected chi connectivity index (χ0v) is 6.29. The van der Waals surface area contributed by atoms with Crippen LogP contribution in [-0.4, -0.2) is 26.6 Å². The van der Waals surface area contributed by atoms with E-state index in [9.17, 15) is 0 Å². The van der Waals surface area contributed by atoms with Crippen molar-refractivity contribution in [3.05, 3.63) is 11.8 Å². The van der Waals surface area contributed by atoms with Crippen molar-refractivity contribution in [3.8, 4) is 0 Å². The summed E-state index contributed by atoms with van der Waals surface area (Å²) in [6, 6.07) is 0. The quantitative estimate of drug-likeness (QED) is 0.607. The predicted octanol–water partition coefficient (Wildman–Crippen LogP) is 0.537. The van der Waals surface area contributed by atoms with Crippen LogP contribution in [0.15, 0.2) is 16.8 Å². The molecule has 1 rings (SSSR count). The number of methoxy groups -OCH3 is 1. The van der Waals surface area contributed by atoms with E-state index < -0.39 is 0 Å². The van der Waals surface area contributed by atoms with Gasteiger partial charge in [0, 0.05) is 32.5 Å². The third-order valence-electron chi connectivity index (χ3n) is 1.48. The van der Waals surface area contributed by atoms with Crippen LogP contribution in [0, 0.1) is 0 Å². The minimum atomic E-state index is 0.0251. The molecule has 0 aromatic carbocycles. The Balaban J connectivity index is 2.46. The molecule has 0 radical (unpaired) electrons. The molecule has 1 aliphatic rings. The molecular formula is C7H12N2O. The van der Waals surface area contributed by atoms with Gasteiger partial charge in [0.25, 0.3) is 0 Å². The van der Waals surface area contributed by atoms with Crippen molar-refractivity contribution in [3.63, 3.8) is 0 Å². The van der Waals surface area contributed by atoms with Gasteiger partial charge < -0.3 is 10.1 Å². The lowest BCUT2D eigenvalue weighted by molar-refractivity contribution is 0.112. The van der Waals surface area contributed by atoms with Crippen molar-refractivity contribution in [1.29, 1.82) is 0 Å². The number of hydrogen-bond donors (Lipinski definition) is 1. The van der Waals surface area contributed by atoms with Gasteiger partial charge >= 0.3 is 0 Å². The highest BCUT2D eigenvalue weighted by Crippen LogP contribution is 2.06. The molecule has 0 spiro atoms. The van der Waals surface area contributed by atoms with Gasteiger partial charge in [-0.15, -0.1) is 0 Å². The van der Waals surface area contributed by atoms with Crippen molar-refractivity contribution < 1.29 is 4.74 Å². The standard InChI is InChI=1S/C7H12N2O/c1-8-6-3-4-7(10-2)9-5-6/h3,5,7-8H,4H2,1-2H3. The number of aliphatic imine (C=N–C) groups is 1. The van der Waals surface area contributed by atoms with Crippen LogP contribution in [0.2, 0.25) is 0 Å². The van der Waals surface area contributed by atoms with Gasteiger partial charge in [-0.2, -0.15) is 0 Å². The van der Waals surface area contributed by atoms with Crippen LogP contribution in [0.4, 0.5) is 0 Å². The van der Waals surface area contributed by atoms with Crippen LogP contribution in [0.1, 0.15) is 6.42 Å². The molecule has 0 saturated heterocycles. The summed E-state index contributed by atoms with van der Waals surface area (Å²) in [5.41, 5.74) is 1.06. The van der Waals surface area contributed by atoms with Crippen LogP contribution >= 0.6 is 0 Å². The third-order valence-corrected chi connectivity index (χ3v) is 1.48. The summed E-state index contributed by atoms with van der Waals surface area (Å²) in [5.74, 6) is 0. The Hall–Kier alpha value is -0.830. The Labute approximate surface area is 60.8 Å². The summed E-state index contributed by atoms with van der Waals surface area (Å²) in [4.78, 5) is 4.12. The second kappa shape index (κ2) is 3.37. The molecule has 0 saturated carbocycles. The minimum Gasteiger partial charge on any atom is -0.387 e. The normalized spacial score (nSPS) is 24.2. The zero-order chi connectivity index (χ0) is 7.40. The van der Waals surface area contributed by atoms with Gasteiger partial charge in [0.1, 0.15) is 0 Å². The van der Waals surface area contributed by atoms with Crippen molar-refractivity contribution in [2.75, 3.05) is 14.2 Å². The fraction of sp³-hybridized carbons (Fsp3) is 0.571. The highest BCUT2D eigenvalue weighted by Gasteiger charge is 2.05. The lowest BCUT2D eigenvalue weighted by atomic mass is 10.2. The molecule has 0 aromatic heterocycles. The first-order chi connectivity index (χ1) is 4.86. The van der Waals surface area contributed by atoms with E-state index in [1.54, 1.807) is 13.3 Å². The summed E-state index contributed by atoms with van der Waals surface area (Å²) in [5, 5.41) is 3.00. The first-order valence-corrected chi connectivity index (χ1v) is 3.30. The fourth-order valence-electron chi connectivity index (χ4n) is 0.828. The van der Waals surface area contributed by atoms with E-state index in [0.717, 1.165) is 12.1 Å². The molecule has 3 heteroatoms. The van der Waals surface area contributed by atoms with Crippen LogP contribution < -0.4 is 5.32 Å². The molecule has 1 unspecified atom stereocenters. The van der Waals surface area contributed by atoms with Gasteiger partial charge in [0.2, 0.25) is 0 Å². The van der Waals surface area contributed by atoms with E-state index in [1.165, 1.54) is 0 Å². The zero-order valence-electron chi connectivity index (χ0n) is 6.29. The van der Waals surface area contributed by atoms with E-state index in [4.69, 9.17) is 4.74 Å². The third kappa shape index (κ3) is 1.57. The number of hydrogen-bond acceptors (Lipinski definition) is 3. The van der Waals surface area contributed by atoms with Crippen LogP contribution in [0.3, 0.4) is 0 Å². The van der Waals surface area contributed by atoms with Gasteiger partial charge in [0.05, 0.1) is 0 Å². The van der Waals surface area contributed by atoms with Crippen molar-refractivity contribution in [2.45, 2.75) is 12.6 Å². The molecule has 10 heavy (non-hydrogen) atoms. The molecule has 1 atom stereocenters. The van der Waals surface area contributed by atoms with E-state index >= 15 is 0 Å². The Morgan fingerprint density at radius 1 is 1.80 bits per heavy atom. The number of ether oxygens (including phenoxy) is 1. The number of nitrogens with one attached hydrogen (secondary N) is 1. The Morgan fingerprint density at radius 2 is 2.60 bits per heavy atom. The molecule has 0 amide bonds. The summed E-state index contributed by atoms with van der Waals surface area (Å²) in [7, 11) is 3.55. The lowest BCUT2D eigenvalue weighted by Crippen LogP contribution is -2.16. The highest BCUT2D eigenvalue weighted by molar-refractivity contribution is 5.78. The monoisotopic (exact) mass is 140 g/mol. The molecule has 56 valence electrons. The first-order valence-electron chi connectivity index (χ1n) is 3.30. The van der Waals surface area contributed by atoms with E-state index in [2.05, 4.69) is 16.4 Å². The lowest BCUT2D eigenvalue weighted by Gasteiger charge is -2.13. The van der Waals surface area contributed by atoms with Gasteiger partial charge in [0.15, 0.2) is 6.23 Å². The maximum Gasteiger partial charge on any atom is 0.151 e. The molecule has 1 heterocycles. The maximum atomic E-state index is 5.01. The summed E-state index contributed by atoms with van der Waals surface area (Å²) in [6.07, 6.45) is 4.75. The molecule has 0 bridgehead atoms. The SMILES string of the molecule is CNC1=CCC(OC)N=C1. The van der Waals surface area contributed by atoms with E-state index in [-0.39, 0.29) is 6.23 Å². The summed E-state index contributed by atoms with van der Waals surface area (Å²) >= 11 is 0. The molecule has 1 aliphatic heterocycles. The number of rotatable bonds is 2. The number of nitrogens with zero attached hydrogens (tertiary/aromatic N) is 1. The summed E-state index contributed by atoms with van der Waals surface area (Å²) < 4.78 is 5.01. The van der Waals surface area contributed by atoms with Crippen LogP contribution in [-0.2, 0) is 4.74 Å². The average Bonchev–Trinajstić information content (AvgIpc) is 2.05.